The van der Waals surface area contributed by atoms with Crippen LogP contribution in [0.3, 0.4) is 0 Å². The molecule has 0 aromatic rings. The second kappa shape index (κ2) is 2.48. The van der Waals surface area contributed by atoms with Crippen molar-refractivity contribution in [1.29, 1.82) is 5.26 Å². The molecule has 0 N–H and O–H groups in total. The van der Waals surface area contributed by atoms with Crippen molar-refractivity contribution in [3.8, 4) is 6.07 Å². The van der Waals surface area contributed by atoms with Gasteiger partial charge in [0.1, 0.15) is 0 Å². The van der Waals surface area contributed by atoms with Crippen LogP contribution in [0.2, 0.25) is 0 Å². The summed E-state index contributed by atoms with van der Waals surface area (Å²) in [7, 11) is -3.09. The Bertz CT molecular complexity index is 219. The minimum Gasteiger partial charge on any atom is -0.225 e. The molecule has 4 heteroatoms. The maximum absolute atomic E-state index is 10.2. The minimum absolute atomic E-state index is 0.854. The van der Waals surface area contributed by atoms with E-state index in [1.807, 2.05) is 0 Å². The summed E-state index contributed by atoms with van der Waals surface area (Å²) in [6, 6.07) is 1.56. The lowest BCUT2D eigenvalue weighted by Crippen LogP contribution is -1.86. The number of sulfone groups is 1. The molecule has 0 saturated heterocycles. The van der Waals surface area contributed by atoms with Crippen LogP contribution in [0.5, 0.6) is 0 Å². The van der Waals surface area contributed by atoms with Gasteiger partial charge in [-0.1, -0.05) is 0 Å². The molecule has 0 fully saturated rings. The van der Waals surface area contributed by atoms with E-state index in [4.69, 9.17) is 5.26 Å². The molecule has 0 heterocycles. The van der Waals surface area contributed by atoms with Gasteiger partial charge in [0.2, 0.25) is 0 Å². The van der Waals surface area contributed by atoms with Crippen LogP contribution >= 0.6 is 0 Å². The first kappa shape index (κ1) is 7.18. The van der Waals surface area contributed by atoms with Crippen LogP contribution in [0.15, 0.2) is 11.5 Å². The third-order valence-corrected chi connectivity index (χ3v) is 1.02. The van der Waals surface area contributed by atoms with Crippen molar-refractivity contribution in [2.75, 3.05) is 6.26 Å². The van der Waals surface area contributed by atoms with Crippen molar-refractivity contribution in [2.24, 2.45) is 0 Å². The summed E-state index contributed by atoms with van der Waals surface area (Å²) in [5.41, 5.74) is 0. The first-order chi connectivity index (χ1) is 3.56. The maximum atomic E-state index is 10.2. The van der Waals surface area contributed by atoms with Gasteiger partial charge in [-0.2, -0.15) is 5.26 Å². The Morgan fingerprint density at radius 1 is 1.62 bits per heavy atom. The fourth-order valence-corrected chi connectivity index (χ4v) is 0.462. The highest BCUT2D eigenvalue weighted by Crippen LogP contribution is 1.81. The van der Waals surface area contributed by atoms with Gasteiger partial charge in [0.25, 0.3) is 0 Å². The third-order valence-electron chi connectivity index (χ3n) is 0.390. The van der Waals surface area contributed by atoms with Crippen LogP contribution in [-0.2, 0) is 9.84 Å². The minimum atomic E-state index is -3.09. The van der Waals surface area contributed by atoms with Crippen LogP contribution in [0, 0.1) is 11.3 Å². The lowest BCUT2D eigenvalue weighted by Gasteiger charge is -1.76. The zero-order valence-electron chi connectivity index (χ0n) is 4.33. The van der Waals surface area contributed by atoms with Crippen molar-refractivity contribution in [3.05, 3.63) is 11.5 Å². The lowest BCUT2D eigenvalue weighted by atomic mass is 10.7. The van der Waals surface area contributed by atoms with Crippen molar-refractivity contribution in [3.63, 3.8) is 0 Å². The molecule has 0 atom stereocenters. The summed E-state index contributed by atoms with van der Waals surface area (Å²) in [6.45, 7) is 0. The number of hydrogen-bond acceptors (Lipinski definition) is 3. The van der Waals surface area contributed by atoms with Gasteiger partial charge in [-0.15, -0.1) is 0 Å². The Balaban J connectivity index is 4.19. The highest BCUT2D eigenvalue weighted by molar-refractivity contribution is 7.93. The van der Waals surface area contributed by atoms with Gasteiger partial charge >= 0.3 is 0 Å². The van der Waals surface area contributed by atoms with Gasteiger partial charge in [0.15, 0.2) is 9.84 Å². The molecule has 8 heavy (non-hydrogen) atoms. The van der Waals surface area contributed by atoms with E-state index in [-0.39, 0.29) is 0 Å². The summed E-state index contributed by atoms with van der Waals surface area (Å²) in [6.07, 6.45) is 1.95. The average molecular weight is 131 g/mol. The highest BCUT2D eigenvalue weighted by Gasteiger charge is 1.89. The van der Waals surface area contributed by atoms with E-state index >= 15 is 0 Å². The quantitative estimate of drug-likeness (QED) is 0.473. The summed E-state index contributed by atoms with van der Waals surface area (Å²) in [5.74, 6) is 0. The van der Waals surface area contributed by atoms with Gasteiger partial charge < -0.3 is 0 Å². The molecule has 44 valence electrons. The second-order valence-corrected chi connectivity index (χ2v) is 3.19. The maximum Gasteiger partial charge on any atom is 0.169 e. The molecule has 0 aromatic heterocycles. The smallest absolute Gasteiger partial charge is 0.169 e. The summed E-state index contributed by atoms with van der Waals surface area (Å²) < 4.78 is 20.3. The number of hydrogen-bond donors (Lipinski definition) is 0. The van der Waals surface area contributed by atoms with Crippen molar-refractivity contribution in [2.45, 2.75) is 0 Å². The summed E-state index contributed by atoms with van der Waals surface area (Å²) in [5, 5.41) is 8.68. The number of allylic oxidation sites excluding steroid dienone is 1. The van der Waals surface area contributed by atoms with Crippen LogP contribution in [0.25, 0.3) is 0 Å². The molecular formula is C4H5NO2S. The van der Waals surface area contributed by atoms with E-state index in [2.05, 4.69) is 0 Å². The number of nitrogens with zero attached hydrogens (tertiary/aromatic N) is 1. The van der Waals surface area contributed by atoms with Crippen molar-refractivity contribution >= 4 is 9.84 Å². The molecule has 0 amide bonds. The molecule has 3 nitrogen and oxygen atoms in total. The van der Waals surface area contributed by atoms with Gasteiger partial charge in [-0.05, 0) is 0 Å². The zero-order valence-corrected chi connectivity index (χ0v) is 5.14. The first-order valence-electron chi connectivity index (χ1n) is 1.82. The van der Waals surface area contributed by atoms with Gasteiger partial charge in [-0.3, -0.25) is 0 Å². The monoisotopic (exact) mass is 131 g/mol. The Kier molecular flexibility index (Phi) is 2.22. The Labute approximate surface area is 48.2 Å². The van der Waals surface area contributed by atoms with E-state index in [0.29, 0.717) is 0 Å². The highest BCUT2D eigenvalue weighted by atomic mass is 32.2. The Morgan fingerprint density at radius 2 is 2.12 bits per heavy atom. The summed E-state index contributed by atoms with van der Waals surface area (Å²) in [4.78, 5) is 0. The molecule has 0 bridgehead atoms. The largest absolute Gasteiger partial charge is 0.225 e. The second-order valence-electron chi connectivity index (χ2n) is 1.26. The third kappa shape index (κ3) is 5.18. The summed E-state index contributed by atoms with van der Waals surface area (Å²) >= 11 is 0. The van der Waals surface area contributed by atoms with Crippen molar-refractivity contribution in [1.82, 2.24) is 0 Å². The molecule has 0 aliphatic rings. The zero-order chi connectivity index (χ0) is 6.62. The standard InChI is InChI=1S/C4H5NO2S/c1-8(6,7)4-2-3-5/h2,4H,1H3. The first-order valence-corrected chi connectivity index (χ1v) is 3.78. The Hall–Kier alpha value is -0.820. The molecular weight excluding hydrogens is 126 g/mol. The fourth-order valence-electron chi connectivity index (χ4n) is 0.154. The fraction of sp³-hybridized carbons (Fsp3) is 0.250. The predicted octanol–water partition coefficient (Wildman–Crippen LogP) is 0.0683. The topological polar surface area (TPSA) is 57.9 Å². The van der Waals surface area contributed by atoms with Crippen LogP contribution < -0.4 is 0 Å². The predicted molar refractivity (Wildman–Crippen MR) is 29.6 cm³/mol. The van der Waals surface area contributed by atoms with E-state index in [9.17, 15) is 8.42 Å². The normalized spacial score (nSPS) is 11.5. The molecule has 0 radical (unpaired) electrons. The van der Waals surface area contributed by atoms with Gasteiger partial charge in [0, 0.05) is 17.7 Å². The van der Waals surface area contributed by atoms with E-state index < -0.39 is 9.84 Å². The lowest BCUT2D eigenvalue weighted by molar-refractivity contribution is 0.610. The molecule has 0 aromatic carbocycles. The molecule has 0 aliphatic carbocycles. The van der Waals surface area contributed by atoms with Gasteiger partial charge in [0.05, 0.1) is 6.07 Å². The van der Waals surface area contributed by atoms with Crippen LogP contribution in [-0.4, -0.2) is 14.7 Å². The Morgan fingerprint density at radius 3 is 2.25 bits per heavy atom. The van der Waals surface area contributed by atoms with Crippen LogP contribution in [0.1, 0.15) is 0 Å². The molecule has 0 aliphatic heterocycles. The number of rotatable bonds is 1. The van der Waals surface area contributed by atoms with Crippen molar-refractivity contribution < 1.29 is 8.42 Å². The molecule has 0 rings (SSSR count). The van der Waals surface area contributed by atoms with E-state index in [0.717, 1.165) is 17.7 Å². The van der Waals surface area contributed by atoms with Crippen LogP contribution in [0.4, 0.5) is 0 Å². The van der Waals surface area contributed by atoms with Gasteiger partial charge in [-0.25, -0.2) is 8.42 Å². The molecule has 0 saturated carbocycles. The van der Waals surface area contributed by atoms with E-state index in [1.165, 1.54) is 0 Å². The average Bonchev–Trinajstić information content (AvgIpc) is 1.59. The van der Waals surface area contributed by atoms with E-state index in [1.54, 1.807) is 6.07 Å². The molecule has 0 spiro atoms. The SMILES string of the molecule is CS(=O)(=O)C=CC#N. The number of nitriles is 1. The molecule has 0 unspecified atom stereocenters.